The van der Waals surface area contributed by atoms with Gasteiger partial charge in [0.1, 0.15) is 0 Å². The SMILES string of the molecule is CC.CCC1Cc2cc3c(cc2NC1=O)CC(C(C)C)CC3.[HH]. The minimum atomic E-state index is 0. The standard InChI is InChI=1S/C18H25NO.C2H6.H2/c1-4-12-7-16-9-14-6-5-13(11(2)3)8-15(14)10-17(16)19-18(12)20;1-2;/h9-13H,4-8H2,1-3H3,(H,19,20);1-2H3;1H. The van der Waals surface area contributed by atoms with Gasteiger partial charge in [0.15, 0.2) is 0 Å². The summed E-state index contributed by atoms with van der Waals surface area (Å²) in [5, 5.41) is 3.12. The molecule has 2 nitrogen and oxygen atoms in total. The van der Waals surface area contributed by atoms with Crippen molar-refractivity contribution in [1.29, 1.82) is 0 Å². The van der Waals surface area contributed by atoms with Crippen molar-refractivity contribution in [1.82, 2.24) is 0 Å². The third-order valence-electron chi connectivity index (χ3n) is 5.22. The van der Waals surface area contributed by atoms with Gasteiger partial charge in [0.05, 0.1) is 0 Å². The zero-order chi connectivity index (χ0) is 16.3. The molecule has 124 valence electrons. The number of benzene rings is 1. The molecule has 1 aromatic rings. The largest absolute Gasteiger partial charge is 0.326 e. The summed E-state index contributed by atoms with van der Waals surface area (Å²) in [6.45, 7) is 10.7. The maximum atomic E-state index is 12.0. The summed E-state index contributed by atoms with van der Waals surface area (Å²) < 4.78 is 0. The fraction of sp³-hybridized carbons (Fsp3) is 0.650. The predicted molar refractivity (Wildman–Crippen MR) is 96.4 cm³/mol. The average Bonchev–Trinajstić information content (AvgIpc) is 2.53. The van der Waals surface area contributed by atoms with E-state index in [9.17, 15) is 4.79 Å². The Labute approximate surface area is 137 Å². The van der Waals surface area contributed by atoms with Crippen LogP contribution in [0.15, 0.2) is 12.1 Å². The van der Waals surface area contributed by atoms with Crippen LogP contribution in [0.5, 0.6) is 0 Å². The Morgan fingerprint density at radius 2 is 1.91 bits per heavy atom. The van der Waals surface area contributed by atoms with E-state index in [-0.39, 0.29) is 13.3 Å². The molecule has 0 saturated carbocycles. The number of carbonyl (C=O) groups is 1. The first-order valence-electron chi connectivity index (χ1n) is 9.04. The van der Waals surface area contributed by atoms with Gasteiger partial charge in [-0.15, -0.1) is 0 Å². The molecule has 3 rings (SSSR count). The average molecular weight is 303 g/mol. The Balaban J connectivity index is 0.000000849. The molecule has 2 unspecified atom stereocenters. The Morgan fingerprint density at radius 3 is 2.55 bits per heavy atom. The number of hydrogen-bond acceptors (Lipinski definition) is 1. The van der Waals surface area contributed by atoms with Crippen molar-refractivity contribution in [2.24, 2.45) is 17.8 Å². The number of nitrogens with one attached hydrogen (secondary N) is 1. The van der Waals surface area contributed by atoms with E-state index in [1.807, 2.05) is 13.8 Å². The molecule has 1 aliphatic heterocycles. The van der Waals surface area contributed by atoms with Crippen molar-refractivity contribution < 1.29 is 6.22 Å². The number of hydrogen-bond donors (Lipinski definition) is 1. The van der Waals surface area contributed by atoms with E-state index in [0.29, 0.717) is 0 Å². The first-order chi connectivity index (χ1) is 10.6. The highest BCUT2D eigenvalue weighted by molar-refractivity contribution is 5.95. The second kappa shape index (κ2) is 7.30. The molecule has 2 aliphatic rings. The van der Waals surface area contributed by atoms with Gasteiger partial charge in [0, 0.05) is 13.0 Å². The number of rotatable bonds is 2. The third kappa shape index (κ3) is 3.37. The highest BCUT2D eigenvalue weighted by Gasteiger charge is 2.28. The predicted octanol–water partition coefficient (Wildman–Crippen LogP) is 5.24. The van der Waals surface area contributed by atoms with Crippen LogP contribution in [-0.4, -0.2) is 5.91 Å². The van der Waals surface area contributed by atoms with Crippen molar-refractivity contribution in [2.45, 2.75) is 66.7 Å². The third-order valence-corrected chi connectivity index (χ3v) is 5.22. The van der Waals surface area contributed by atoms with Crippen LogP contribution in [-0.2, 0) is 24.1 Å². The fourth-order valence-corrected chi connectivity index (χ4v) is 3.67. The van der Waals surface area contributed by atoms with Gasteiger partial charge in [0.2, 0.25) is 5.91 Å². The van der Waals surface area contributed by atoms with Crippen LogP contribution in [0.4, 0.5) is 5.69 Å². The molecule has 0 spiro atoms. The second-order valence-electron chi connectivity index (χ2n) is 6.82. The molecule has 1 aromatic carbocycles. The van der Waals surface area contributed by atoms with Crippen LogP contribution in [0.3, 0.4) is 0 Å². The van der Waals surface area contributed by atoms with E-state index < -0.39 is 0 Å². The molecule has 0 fully saturated rings. The van der Waals surface area contributed by atoms with Gasteiger partial charge >= 0.3 is 0 Å². The van der Waals surface area contributed by atoms with Crippen molar-refractivity contribution >= 4 is 11.6 Å². The van der Waals surface area contributed by atoms with Gasteiger partial charge < -0.3 is 5.32 Å². The molecule has 0 aromatic heterocycles. The van der Waals surface area contributed by atoms with E-state index in [4.69, 9.17) is 0 Å². The summed E-state index contributed by atoms with van der Waals surface area (Å²) in [5.41, 5.74) is 5.40. The van der Waals surface area contributed by atoms with E-state index in [1.165, 1.54) is 36.0 Å². The van der Waals surface area contributed by atoms with Gasteiger partial charge in [-0.2, -0.15) is 0 Å². The lowest BCUT2D eigenvalue weighted by atomic mass is 9.77. The van der Waals surface area contributed by atoms with Crippen molar-refractivity contribution in [3.63, 3.8) is 0 Å². The normalized spacial score (nSPS) is 23.1. The fourth-order valence-electron chi connectivity index (χ4n) is 3.67. The zero-order valence-corrected chi connectivity index (χ0v) is 14.8. The highest BCUT2D eigenvalue weighted by Crippen LogP contribution is 2.36. The summed E-state index contributed by atoms with van der Waals surface area (Å²) in [6, 6.07) is 4.62. The maximum absolute atomic E-state index is 12.0. The Morgan fingerprint density at radius 1 is 1.18 bits per heavy atom. The van der Waals surface area contributed by atoms with Crippen molar-refractivity contribution in [3.8, 4) is 0 Å². The van der Waals surface area contributed by atoms with Gasteiger partial charge in [-0.3, -0.25) is 4.79 Å². The monoisotopic (exact) mass is 303 g/mol. The lowest BCUT2D eigenvalue weighted by Crippen LogP contribution is -2.30. The lowest BCUT2D eigenvalue weighted by Gasteiger charge is -2.31. The van der Waals surface area contributed by atoms with E-state index in [2.05, 4.69) is 38.2 Å². The molecule has 0 bridgehead atoms. The molecule has 1 aliphatic carbocycles. The maximum Gasteiger partial charge on any atom is 0.227 e. The highest BCUT2D eigenvalue weighted by atomic mass is 16.1. The summed E-state index contributed by atoms with van der Waals surface area (Å²) in [6.07, 6.45) is 5.53. The zero-order valence-electron chi connectivity index (χ0n) is 14.8. The van der Waals surface area contributed by atoms with E-state index in [1.54, 1.807) is 0 Å². The van der Waals surface area contributed by atoms with Crippen LogP contribution < -0.4 is 5.32 Å². The van der Waals surface area contributed by atoms with Gasteiger partial charge in [-0.05, 0) is 66.7 Å². The first kappa shape index (κ1) is 17.1. The Hall–Kier alpha value is -1.31. The summed E-state index contributed by atoms with van der Waals surface area (Å²) in [4.78, 5) is 12.0. The number of fused-ring (bicyclic) bond motifs is 2. The quantitative estimate of drug-likeness (QED) is 0.795. The number of aryl methyl sites for hydroxylation is 1. The molecular formula is C20H33NO. The molecule has 0 saturated heterocycles. The van der Waals surface area contributed by atoms with Gasteiger partial charge in [-0.1, -0.05) is 40.7 Å². The molecule has 1 heterocycles. The summed E-state index contributed by atoms with van der Waals surface area (Å²) >= 11 is 0. The Kier molecular flexibility index (Phi) is 5.66. The smallest absolute Gasteiger partial charge is 0.227 e. The van der Waals surface area contributed by atoms with Crippen molar-refractivity contribution in [3.05, 3.63) is 28.8 Å². The molecule has 0 radical (unpaired) electrons. The van der Waals surface area contributed by atoms with Gasteiger partial charge in [0.25, 0.3) is 0 Å². The molecule has 22 heavy (non-hydrogen) atoms. The Bertz CT molecular complexity index is 539. The van der Waals surface area contributed by atoms with Crippen molar-refractivity contribution in [2.75, 3.05) is 5.32 Å². The second-order valence-corrected chi connectivity index (χ2v) is 6.82. The molecule has 1 amide bonds. The first-order valence-corrected chi connectivity index (χ1v) is 9.04. The lowest BCUT2D eigenvalue weighted by molar-refractivity contribution is -0.120. The van der Waals surface area contributed by atoms with E-state index >= 15 is 0 Å². The van der Waals surface area contributed by atoms with Crippen LogP contribution in [0.25, 0.3) is 0 Å². The summed E-state index contributed by atoms with van der Waals surface area (Å²) in [7, 11) is 0. The number of carbonyl (C=O) groups excluding carboxylic acids is 1. The van der Waals surface area contributed by atoms with Gasteiger partial charge in [-0.25, -0.2) is 0 Å². The number of anilines is 1. The molecule has 2 heteroatoms. The van der Waals surface area contributed by atoms with Crippen LogP contribution in [0.2, 0.25) is 0 Å². The molecular weight excluding hydrogens is 270 g/mol. The van der Waals surface area contributed by atoms with Crippen LogP contribution in [0.1, 0.15) is 65.6 Å². The minimum Gasteiger partial charge on any atom is -0.326 e. The van der Waals surface area contributed by atoms with Crippen LogP contribution >= 0.6 is 0 Å². The summed E-state index contributed by atoms with van der Waals surface area (Å²) in [5.74, 6) is 1.91. The van der Waals surface area contributed by atoms with E-state index in [0.717, 1.165) is 30.4 Å². The molecule has 2 atom stereocenters. The number of amides is 1. The topological polar surface area (TPSA) is 29.1 Å². The molecule has 1 N–H and O–H groups in total. The van der Waals surface area contributed by atoms with Crippen LogP contribution in [0, 0.1) is 17.8 Å². The minimum absolute atomic E-state index is 0.